The molecule has 0 bridgehead atoms. The first-order chi connectivity index (χ1) is 15.0. The van der Waals surface area contributed by atoms with Crippen LogP contribution in [0.1, 0.15) is 17.2 Å². The van der Waals surface area contributed by atoms with Crippen molar-refractivity contribution in [3.63, 3.8) is 0 Å². The van der Waals surface area contributed by atoms with E-state index in [2.05, 4.69) is 30.0 Å². The number of rotatable bonds is 3. The van der Waals surface area contributed by atoms with Gasteiger partial charge in [-0.05, 0) is 48.9 Å². The highest BCUT2D eigenvalue weighted by Crippen LogP contribution is 2.51. The lowest BCUT2D eigenvalue weighted by Crippen LogP contribution is -2.62. The summed E-state index contributed by atoms with van der Waals surface area (Å²) < 4.78 is 5.70. The van der Waals surface area contributed by atoms with Gasteiger partial charge >= 0.3 is 6.03 Å². The van der Waals surface area contributed by atoms with Gasteiger partial charge < -0.3 is 4.74 Å². The highest BCUT2D eigenvalue weighted by molar-refractivity contribution is 6.30. The Morgan fingerprint density at radius 3 is 2.29 bits per heavy atom. The van der Waals surface area contributed by atoms with Gasteiger partial charge in [-0.15, -0.1) is 0 Å². The number of carbonyl (C=O) groups excluding carboxylic acids is 1. The van der Waals surface area contributed by atoms with Gasteiger partial charge in [0.2, 0.25) is 0 Å². The zero-order chi connectivity index (χ0) is 21.6. The smallest absolute Gasteiger partial charge is 0.330 e. The van der Waals surface area contributed by atoms with Crippen LogP contribution in [-0.4, -0.2) is 24.8 Å². The van der Waals surface area contributed by atoms with E-state index in [1.165, 1.54) is 0 Å². The lowest BCUT2D eigenvalue weighted by Gasteiger charge is -2.47. The van der Waals surface area contributed by atoms with Gasteiger partial charge in [0.05, 0.1) is 25.8 Å². The normalized spacial score (nSPS) is 19.4. The maximum atomic E-state index is 13.9. The molecule has 2 saturated heterocycles. The largest absolute Gasteiger partial charge is 0.376 e. The summed E-state index contributed by atoms with van der Waals surface area (Å²) in [6.45, 7) is 10.2. The number of urea groups is 1. The Hall–Kier alpha value is -3.33. The van der Waals surface area contributed by atoms with Gasteiger partial charge in [0, 0.05) is 16.4 Å². The monoisotopic (exact) mass is 429 g/mol. The Labute approximate surface area is 186 Å². The number of nitrogens with zero attached hydrogens (tertiary/aromatic N) is 3. The van der Waals surface area contributed by atoms with E-state index in [-0.39, 0.29) is 12.1 Å². The van der Waals surface area contributed by atoms with Gasteiger partial charge in [0.15, 0.2) is 5.69 Å². The van der Waals surface area contributed by atoms with E-state index in [1.54, 1.807) is 24.3 Å². The Balaban J connectivity index is 1.69. The van der Waals surface area contributed by atoms with Crippen molar-refractivity contribution < 1.29 is 9.53 Å². The third-order valence-electron chi connectivity index (χ3n) is 6.01. The summed E-state index contributed by atoms with van der Waals surface area (Å²) in [4.78, 5) is 21.1. The summed E-state index contributed by atoms with van der Waals surface area (Å²) >= 11 is 6.11. The highest BCUT2D eigenvalue weighted by atomic mass is 35.5. The van der Waals surface area contributed by atoms with Gasteiger partial charge in [-0.25, -0.2) is 9.64 Å². The lowest BCUT2D eigenvalue weighted by molar-refractivity contribution is -0.0580. The average Bonchev–Trinajstić information content (AvgIpc) is 3.04. The minimum Gasteiger partial charge on any atom is -0.376 e. The van der Waals surface area contributed by atoms with Gasteiger partial charge in [0.1, 0.15) is 5.54 Å². The number of halogens is 1. The maximum Gasteiger partial charge on any atom is 0.330 e. The Bertz CT molecular complexity index is 1180. The number of anilines is 2. The topological polar surface area (TPSA) is 37.1 Å². The Morgan fingerprint density at radius 2 is 1.71 bits per heavy atom. The molecule has 0 radical (unpaired) electrons. The molecule has 6 heteroatoms. The van der Waals surface area contributed by atoms with E-state index in [0.29, 0.717) is 23.9 Å². The van der Waals surface area contributed by atoms with Crippen LogP contribution in [0.3, 0.4) is 0 Å². The van der Waals surface area contributed by atoms with Crippen LogP contribution in [0.4, 0.5) is 21.9 Å². The number of carbonyl (C=O) groups is 1. The highest BCUT2D eigenvalue weighted by Gasteiger charge is 2.62. The summed E-state index contributed by atoms with van der Waals surface area (Å²) in [5.41, 5.74) is 3.74. The molecule has 0 aliphatic carbocycles. The molecule has 2 amide bonds. The third-order valence-corrected chi connectivity index (χ3v) is 6.27. The first-order valence-corrected chi connectivity index (χ1v) is 10.4. The molecule has 5 rings (SSSR count). The number of amides is 2. The third kappa shape index (κ3) is 3.07. The number of benzene rings is 3. The van der Waals surface area contributed by atoms with Gasteiger partial charge in [0.25, 0.3) is 0 Å². The summed E-state index contributed by atoms with van der Waals surface area (Å²) in [6.07, 6.45) is 0. The van der Waals surface area contributed by atoms with Crippen molar-refractivity contribution in [1.29, 1.82) is 0 Å². The van der Waals surface area contributed by atoms with Crippen molar-refractivity contribution in [2.75, 3.05) is 23.0 Å². The predicted molar refractivity (Wildman–Crippen MR) is 122 cm³/mol. The lowest BCUT2D eigenvalue weighted by atomic mass is 9.82. The van der Waals surface area contributed by atoms with Crippen LogP contribution in [0, 0.1) is 13.5 Å². The van der Waals surface area contributed by atoms with Gasteiger partial charge in [-0.3, -0.25) is 9.80 Å². The minimum absolute atomic E-state index is 0.118. The first-order valence-electron chi connectivity index (χ1n) is 10.0. The van der Waals surface area contributed by atoms with Crippen LogP contribution in [0.15, 0.2) is 72.8 Å². The van der Waals surface area contributed by atoms with Crippen molar-refractivity contribution in [1.82, 2.24) is 0 Å². The van der Waals surface area contributed by atoms with E-state index in [9.17, 15) is 4.79 Å². The number of ether oxygens (including phenoxy) is 1. The molecule has 2 heterocycles. The molecule has 2 aliphatic rings. The molecule has 5 nitrogen and oxygen atoms in total. The van der Waals surface area contributed by atoms with Crippen LogP contribution in [0.25, 0.3) is 4.85 Å². The molecule has 2 fully saturated rings. The second kappa shape index (κ2) is 7.42. The molecule has 2 aliphatic heterocycles. The van der Waals surface area contributed by atoms with Crippen molar-refractivity contribution in [2.24, 2.45) is 0 Å². The van der Waals surface area contributed by atoms with Crippen LogP contribution in [0.5, 0.6) is 0 Å². The zero-order valence-corrected chi connectivity index (χ0v) is 17.7. The van der Waals surface area contributed by atoms with Crippen LogP contribution < -0.4 is 9.80 Å². The summed E-state index contributed by atoms with van der Waals surface area (Å²) in [5.74, 6) is 0. The second-order valence-corrected chi connectivity index (χ2v) is 8.44. The molecule has 154 valence electrons. The van der Waals surface area contributed by atoms with Crippen LogP contribution >= 0.6 is 11.6 Å². The quantitative estimate of drug-likeness (QED) is 0.468. The summed E-state index contributed by atoms with van der Waals surface area (Å²) in [5, 5.41) is 0.621. The fourth-order valence-electron chi connectivity index (χ4n) is 4.57. The second-order valence-electron chi connectivity index (χ2n) is 8.01. The van der Waals surface area contributed by atoms with Gasteiger partial charge in [-0.1, -0.05) is 53.6 Å². The van der Waals surface area contributed by atoms with Crippen LogP contribution in [0.2, 0.25) is 5.02 Å². The number of aryl methyl sites for hydroxylation is 1. The zero-order valence-electron chi connectivity index (χ0n) is 17.0. The fourth-order valence-corrected chi connectivity index (χ4v) is 4.70. The molecule has 0 aromatic heterocycles. The summed E-state index contributed by atoms with van der Waals surface area (Å²) in [6, 6.07) is 22.4. The van der Waals surface area contributed by atoms with E-state index >= 15 is 0 Å². The SMILES string of the molecule is [C-]#[N+]c1ccc(N2C(=O)N(c3ccc(Cl)cc3)C3(COC3)[C@H]2c2cccc(C)c2)cc1. The van der Waals surface area contributed by atoms with E-state index in [4.69, 9.17) is 22.9 Å². The minimum atomic E-state index is -0.531. The fraction of sp³-hybridized carbons (Fsp3) is 0.200. The predicted octanol–water partition coefficient (Wildman–Crippen LogP) is 6.16. The first kappa shape index (κ1) is 19.6. The van der Waals surface area contributed by atoms with E-state index in [0.717, 1.165) is 22.5 Å². The van der Waals surface area contributed by atoms with E-state index < -0.39 is 5.54 Å². The number of hydrogen-bond acceptors (Lipinski definition) is 2. The average molecular weight is 430 g/mol. The molecule has 31 heavy (non-hydrogen) atoms. The molecule has 0 saturated carbocycles. The molecule has 0 N–H and O–H groups in total. The molecular formula is C25H20ClN3O2. The number of hydrogen-bond donors (Lipinski definition) is 0. The standard InChI is InChI=1S/C25H20ClN3O2/c1-17-4-3-5-18(14-17)23-25(15-31-16-25)29(22-10-6-19(26)7-11-22)24(30)28(23)21-12-8-20(27-2)9-13-21/h3-14,23H,15-16H2,1H3/t23-/m1/s1. The van der Waals surface area contributed by atoms with E-state index in [1.807, 2.05) is 40.1 Å². The van der Waals surface area contributed by atoms with Gasteiger partial charge in [-0.2, -0.15) is 0 Å². The Kier molecular flexibility index (Phi) is 4.70. The van der Waals surface area contributed by atoms with Crippen molar-refractivity contribution >= 4 is 34.7 Å². The summed E-state index contributed by atoms with van der Waals surface area (Å²) in [7, 11) is 0. The van der Waals surface area contributed by atoms with Crippen molar-refractivity contribution in [2.45, 2.75) is 18.5 Å². The molecule has 3 aromatic carbocycles. The molecular weight excluding hydrogens is 410 g/mol. The maximum absolute atomic E-state index is 13.9. The molecule has 1 spiro atoms. The van der Waals surface area contributed by atoms with Crippen molar-refractivity contribution in [3.05, 3.63) is 100 Å². The molecule has 1 atom stereocenters. The molecule has 3 aromatic rings. The molecule has 0 unspecified atom stereocenters. The Morgan fingerprint density at radius 1 is 1.03 bits per heavy atom. The van der Waals surface area contributed by atoms with Crippen molar-refractivity contribution in [3.8, 4) is 0 Å². The van der Waals surface area contributed by atoms with Crippen LogP contribution in [-0.2, 0) is 4.74 Å².